The normalized spacial score (nSPS) is 12.2. The monoisotopic (exact) mass is 1070 g/mol. The Kier molecular flexibility index (Phi) is 63.1. The molecule has 1 unspecified atom stereocenters. The fourth-order valence-corrected chi connectivity index (χ4v) is 10.2. The molecule has 0 aliphatic rings. The Hall–Kier alpha value is -2.37. The van der Waals surface area contributed by atoms with Crippen molar-refractivity contribution in [2.45, 2.75) is 380 Å². The number of hydrogen-bond donors (Lipinski definition) is 0. The van der Waals surface area contributed by atoms with Gasteiger partial charge in [-0.2, -0.15) is 0 Å². The highest BCUT2D eigenvalue weighted by molar-refractivity contribution is 5.71. The second-order valence-corrected chi connectivity index (χ2v) is 23.1. The van der Waals surface area contributed by atoms with E-state index in [9.17, 15) is 14.4 Å². The number of hydrogen-bond acceptors (Lipinski definition) is 6. The van der Waals surface area contributed by atoms with Gasteiger partial charge in [-0.05, 0) is 77.0 Å². The summed E-state index contributed by atoms with van der Waals surface area (Å²) < 4.78 is 16.8. The summed E-state index contributed by atoms with van der Waals surface area (Å²) in [5, 5.41) is 0. The average Bonchev–Trinajstić information content (AvgIpc) is 3.42. The van der Waals surface area contributed by atoms with Crippen LogP contribution in [0.15, 0.2) is 36.5 Å². The summed E-state index contributed by atoms with van der Waals surface area (Å²) in [6.07, 6.45) is 80.7. The molecule has 0 spiro atoms. The topological polar surface area (TPSA) is 78.9 Å². The van der Waals surface area contributed by atoms with E-state index in [2.05, 4.69) is 57.2 Å². The van der Waals surface area contributed by atoms with E-state index in [1.54, 1.807) is 0 Å². The Labute approximate surface area is 474 Å². The van der Waals surface area contributed by atoms with Crippen molar-refractivity contribution in [3.63, 3.8) is 0 Å². The highest BCUT2D eigenvalue weighted by atomic mass is 16.6. The molecule has 0 heterocycles. The lowest BCUT2D eigenvalue weighted by Gasteiger charge is -2.18. The van der Waals surface area contributed by atoms with Gasteiger partial charge in [0, 0.05) is 19.3 Å². The summed E-state index contributed by atoms with van der Waals surface area (Å²) >= 11 is 0. The first-order chi connectivity index (χ1) is 37.5. The van der Waals surface area contributed by atoms with Gasteiger partial charge in [0.2, 0.25) is 0 Å². The van der Waals surface area contributed by atoms with Crippen LogP contribution < -0.4 is 0 Å². The molecule has 76 heavy (non-hydrogen) atoms. The van der Waals surface area contributed by atoms with Gasteiger partial charge in [0.05, 0.1) is 0 Å². The Balaban J connectivity index is 3.92. The molecule has 446 valence electrons. The molecule has 0 saturated carbocycles. The zero-order valence-electron chi connectivity index (χ0n) is 51.3. The van der Waals surface area contributed by atoms with Crippen LogP contribution in [-0.2, 0) is 28.6 Å². The van der Waals surface area contributed by atoms with Crippen molar-refractivity contribution >= 4 is 17.9 Å². The first-order valence-electron chi connectivity index (χ1n) is 34.0. The molecule has 0 bridgehead atoms. The fourth-order valence-electron chi connectivity index (χ4n) is 10.2. The smallest absolute Gasteiger partial charge is 0.306 e. The van der Waals surface area contributed by atoms with Crippen molar-refractivity contribution in [1.29, 1.82) is 0 Å². The lowest BCUT2D eigenvalue weighted by molar-refractivity contribution is -0.167. The molecule has 0 fully saturated rings. The molecular weight excluding hydrogens is 937 g/mol. The highest BCUT2D eigenvalue weighted by Gasteiger charge is 2.19. The van der Waals surface area contributed by atoms with Crippen LogP contribution >= 0.6 is 0 Å². The summed E-state index contributed by atoms with van der Waals surface area (Å²) in [6, 6.07) is 0. The second kappa shape index (κ2) is 65.2. The number of unbranched alkanes of at least 4 members (excludes halogenated alkanes) is 46. The molecule has 0 aromatic heterocycles. The molecule has 0 radical (unpaired) electrons. The van der Waals surface area contributed by atoms with Crippen LogP contribution in [0.5, 0.6) is 0 Å². The molecule has 0 aromatic carbocycles. The summed E-state index contributed by atoms with van der Waals surface area (Å²) in [5.41, 5.74) is 0. The summed E-state index contributed by atoms with van der Waals surface area (Å²) in [4.78, 5) is 38.0. The maximum atomic E-state index is 12.8. The maximum absolute atomic E-state index is 12.8. The predicted molar refractivity (Wildman–Crippen MR) is 330 cm³/mol. The maximum Gasteiger partial charge on any atom is 0.306 e. The minimum Gasteiger partial charge on any atom is -0.462 e. The molecule has 0 aliphatic heterocycles. The van der Waals surface area contributed by atoms with Crippen LogP contribution in [0.3, 0.4) is 0 Å². The zero-order chi connectivity index (χ0) is 55.0. The first-order valence-corrected chi connectivity index (χ1v) is 34.0. The zero-order valence-corrected chi connectivity index (χ0v) is 51.3. The Morgan fingerprint density at radius 1 is 0.263 bits per heavy atom. The van der Waals surface area contributed by atoms with E-state index < -0.39 is 6.10 Å². The number of ether oxygens (including phenoxy) is 3. The Morgan fingerprint density at radius 3 is 0.750 bits per heavy atom. The van der Waals surface area contributed by atoms with E-state index in [4.69, 9.17) is 14.2 Å². The van der Waals surface area contributed by atoms with E-state index in [0.29, 0.717) is 19.3 Å². The van der Waals surface area contributed by atoms with E-state index in [1.165, 1.54) is 257 Å². The summed E-state index contributed by atoms with van der Waals surface area (Å²) in [5.74, 6) is -0.874. The lowest BCUT2D eigenvalue weighted by Crippen LogP contribution is -2.30. The predicted octanol–water partition coefficient (Wildman–Crippen LogP) is 23.2. The van der Waals surface area contributed by atoms with E-state index >= 15 is 0 Å². The fraction of sp³-hybridized carbons (Fsp3) is 0.871. The van der Waals surface area contributed by atoms with E-state index in [-0.39, 0.29) is 31.1 Å². The number of rotatable bonds is 63. The van der Waals surface area contributed by atoms with Crippen molar-refractivity contribution in [3.05, 3.63) is 36.5 Å². The summed E-state index contributed by atoms with van der Waals surface area (Å²) in [7, 11) is 0. The average molecular weight is 1070 g/mol. The molecular formula is C70H130O6. The highest BCUT2D eigenvalue weighted by Crippen LogP contribution is 2.18. The molecule has 0 rings (SSSR count). The molecule has 0 aliphatic carbocycles. The third-order valence-electron chi connectivity index (χ3n) is 15.4. The Morgan fingerprint density at radius 2 is 0.474 bits per heavy atom. The van der Waals surface area contributed by atoms with Crippen LogP contribution in [-0.4, -0.2) is 37.2 Å². The lowest BCUT2D eigenvalue weighted by atomic mass is 10.0. The van der Waals surface area contributed by atoms with Crippen LogP contribution in [0.4, 0.5) is 0 Å². The van der Waals surface area contributed by atoms with Crippen molar-refractivity contribution in [3.8, 4) is 0 Å². The molecule has 0 N–H and O–H groups in total. The standard InChI is InChI=1S/C70H130O6/c1-4-7-10-13-16-18-20-22-24-26-27-28-29-30-31-32-33-34-35-36-37-38-39-40-41-42-43-44-46-47-49-51-54-57-60-63-69(72)75-66-67(65-74-68(71)62-59-56-53-15-12-9-6-3)76-70(73)64-61-58-55-52-50-48-45-25-23-21-19-17-14-11-8-5-2/h19,21,25-27,45,67H,4-18,20,22-24,28-44,46-66H2,1-3H3/b21-19-,27-26-,45-25-. The number of carbonyl (C=O) groups is 3. The van der Waals surface area contributed by atoms with Crippen LogP contribution in [0.1, 0.15) is 374 Å². The van der Waals surface area contributed by atoms with Crippen LogP contribution in [0.25, 0.3) is 0 Å². The third-order valence-corrected chi connectivity index (χ3v) is 15.4. The van der Waals surface area contributed by atoms with E-state index in [1.807, 2.05) is 0 Å². The van der Waals surface area contributed by atoms with Gasteiger partial charge >= 0.3 is 17.9 Å². The molecule has 0 saturated heterocycles. The van der Waals surface area contributed by atoms with Crippen molar-refractivity contribution in [2.75, 3.05) is 13.2 Å². The minimum atomic E-state index is -0.774. The Bertz CT molecular complexity index is 1270. The minimum absolute atomic E-state index is 0.0733. The van der Waals surface area contributed by atoms with Gasteiger partial charge in [-0.15, -0.1) is 0 Å². The number of carbonyl (C=O) groups excluding carboxylic acids is 3. The van der Waals surface area contributed by atoms with Gasteiger partial charge in [-0.1, -0.05) is 314 Å². The quantitative estimate of drug-likeness (QED) is 0.0261. The van der Waals surface area contributed by atoms with Crippen molar-refractivity contribution in [1.82, 2.24) is 0 Å². The SMILES string of the molecule is CCCCCC/C=C\C/C=C\CCCCCCCC(=O)OC(COC(=O)CCCCCCCCC)COC(=O)CCCCCCCCCCCCCCCCCCCCCCCCC/C=C\CCCCCCCCCC. The van der Waals surface area contributed by atoms with Gasteiger partial charge in [-0.3, -0.25) is 14.4 Å². The van der Waals surface area contributed by atoms with Gasteiger partial charge in [0.25, 0.3) is 0 Å². The van der Waals surface area contributed by atoms with Crippen molar-refractivity contribution in [2.24, 2.45) is 0 Å². The van der Waals surface area contributed by atoms with Crippen molar-refractivity contribution < 1.29 is 28.6 Å². The molecule has 0 aromatic rings. The molecule has 0 amide bonds. The largest absolute Gasteiger partial charge is 0.462 e. The molecule has 1 atom stereocenters. The summed E-state index contributed by atoms with van der Waals surface area (Å²) in [6.45, 7) is 6.62. The second-order valence-electron chi connectivity index (χ2n) is 23.1. The van der Waals surface area contributed by atoms with Gasteiger partial charge in [-0.25, -0.2) is 0 Å². The van der Waals surface area contributed by atoms with Crippen LogP contribution in [0, 0.1) is 0 Å². The number of allylic oxidation sites excluding steroid dienone is 6. The molecule has 6 nitrogen and oxygen atoms in total. The van der Waals surface area contributed by atoms with Gasteiger partial charge < -0.3 is 14.2 Å². The van der Waals surface area contributed by atoms with Crippen LogP contribution in [0.2, 0.25) is 0 Å². The third kappa shape index (κ3) is 62.5. The first kappa shape index (κ1) is 73.6. The van der Waals surface area contributed by atoms with Gasteiger partial charge in [0.15, 0.2) is 6.10 Å². The number of esters is 3. The van der Waals surface area contributed by atoms with E-state index in [0.717, 1.165) is 77.0 Å². The molecule has 6 heteroatoms. The van der Waals surface area contributed by atoms with Gasteiger partial charge in [0.1, 0.15) is 13.2 Å².